The SMILES string of the molecule is CCn1nc(C)c(S(=O)(=O)N2CC[C@H](CSC)C2)c1C. The Morgan fingerprint density at radius 2 is 2.10 bits per heavy atom. The highest BCUT2D eigenvalue weighted by atomic mass is 32.2. The molecule has 1 aliphatic heterocycles. The third-order valence-corrected chi connectivity index (χ3v) is 6.79. The Kier molecular flexibility index (Phi) is 4.81. The minimum absolute atomic E-state index is 0.407. The molecule has 1 aromatic rings. The zero-order valence-corrected chi connectivity index (χ0v) is 14.2. The molecule has 7 heteroatoms. The van der Waals surface area contributed by atoms with Gasteiger partial charge < -0.3 is 0 Å². The number of hydrogen-bond donors (Lipinski definition) is 0. The van der Waals surface area contributed by atoms with Crippen LogP contribution in [0, 0.1) is 19.8 Å². The second-order valence-corrected chi connectivity index (χ2v) is 8.07. The van der Waals surface area contributed by atoms with Crippen molar-refractivity contribution >= 4 is 21.8 Å². The molecule has 2 heterocycles. The molecule has 5 nitrogen and oxygen atoms in total. The zero-order chi connectivity index (χ0) is 14.9. The molecule has 0 unspecified atom stereocenters. The lowest BCUT2D eigenvalue weighted by atomic mass is 10.2. The summed E-state index contributed by atoms with van der Waals surface area (Å²) in [7, 11) is -3.40. The van der Waals surface area contributed by atoms with Crippen molar-refractivity contribution in [2.75, 3.05) is 25.1 Å². The van der Waals surface area contributed by atoms with Crippen LogP contribution in [0.4, 0.5) is 0 Å². The topological polar surface area (TPSA) is 55.2 Å². The minimum Gasteiger partial charge on any atom is -0.268 e. The molecule has 0 aliphatic carbocycles. The van der Waals surface area contributed by atoms with E-state index < -0.39 is 10.0 Å². The van der Waals surface area contributed by atoms with Gasteiger partial charge in [-0.15, -0.1) is 0 Å². The van der Waals surface area contributed by atoms with Crippen molar-refractivity contribution in [3.05, 3.63) is 11.4 Å². The molecule has 0 amide bonds. The number of thioether (sulfide) groups is 1. The average Bonchev–Trinajstić information content (AvgIpc) is 2.95. The van der Waals surface area contributed by atoms with Crippen molar-refractivity contribution < 1.29 is 8.42 Å². The molecule has 0 spiro atoms. The Morgan fingerprint density at radius 3 is 2.65 bits per heavy atom. The molecular weight excluding hydrogens is 294 g/mol. The predicted octanol–water partition coefficient (Wildman–Crippen LogP) is 1.89. The Bertz CT molecular complexity index is 581. The van der Waals surface area contributed by atoms with E-state index in [-0.39, 0.29) is 0 Å². The van der Waals surface area contributed by atoms with Gasteiger partial charge in [0.05, 0.1) is 11.4 Å². The van der Waals surface area contributed by atoms with Crippen LogP contribution in [-0.4, -0.2) is 47.6 Å². The standard InChI is InChI=1S/C13H23N3O2S2/c1-5-16-11(3)13(10(2)14-16)20(17,18)15-7-6-12(8-15)9-19-4/h12H,5-9H2,1-4H3/t12-/m0/s1. The maximum Gasteiger partial charge on any atom is 0.246 e. The van der Waals surface area contributed by atoms with E-state index in [0.29, 0.717) is 36.1 Å². The molecule has 0 N–H and O–H groups in total. The molecule has 0 bridgehead atoms. The summed E-state index contributed by atoms with van der Waals surface area (Å²) < 4.78 is 29.0. The number of hydrogen-bond acceptors (Lipinski definition) is 4. The van der Waals surface area contributed by atoms with Crippen molar-refractivity contribution in [3.63, 3.8) is 0 Å². The quantitative estimate of drug-likeness (QED) is 0.832. The molecule has 1 fully saturated rings. The summed E-state index contributed by atoms with van der Waals surface area (Å²) in [6.45, 7) is 7.55. The number of sulfonamides is 1. The first-order chi connectivity index (χ1) is 9.41. The van der Waals surface area contributed by atoms with Crippen LogP contribution in [0.5, 0.6) is 0 Å². The van der Waals surface area contributed by atoms with E-state index in [0.717, 1.165) is 17.9 Å². The molecule has 1 atom stereocenters. The largest absolute Gasteiger partial charge is 0.268 e. The van der Waals surface area contributed by atoms with Gasteiger partial charge in [0.25, 0.3) is 0 Å². The van der Waals surface area contributed by atoms with E-state index in [4.69, 9.17) is 0 Å². The predicted molar refractivity (Wildman–Crippen MR) is 82.6 cm³/mol. The van der Waals surface area contributed by atoms with Gasteiger partial charge in [0.2, 0.25) is 10.0 Å². The van der Waals surface area contributed by atoms with Crippen molar-refractivity contribution in [2.24, 2.45) is 5.92 Å². The zero-order valence-electron chi connectivity index (χ0n) is 12.6. The van der Waals surface area contributed by atoms with Crippen molar-refractivity contribution in [2.45, 2.75) is 38.6 Å². The highest BCUT2D eigenvalue weighted by Crippen LogP contribution is 2.29. The molecular formula is C13H23N3O2S2. The van der Waals surface area contributed by atoms with E-state index in [2.05, 4.69) is 11.4 Å². The Hall–Kier alpha value is -0.530. The van der Waals surface area contributed by atoms with Crippen LogP contribution in [-0.2, 0) is 16.6 Å². The van der Waals surface area contributed by atoms with E-state index in [1.54, 1.807) is 27.7 Å². The highest BCUT2D eigenvalue weighted by molar-refractivity contribution is 7.98. The van der Waals surface area contributed by atoms with Gasteiger partial charge in [-0.2, -0.15) is 21.2 Å². The van der Waals surface area contributed by atoms with Gasteiger partial charge in [-0.1, -0.05) is 0 Å². The highest BCUT2D eigenvalue weighted by Gasteiger charge is 2.35. The van der Waals surface area contributed by atoms with Crippen LogP contribution < -0.4 is 0 Å². The maximum absolute atomic E-state index is 12.8. The number of aromatic nitrogens is 2. The van der Waals surface area contributed by atoms with Crippen LogP contribution in [0.1, 0.15) is 24.7 Å². The monoisotopic (exact) mass is 317 g/mol. The molecule has 0 radical (unpaired) electrons. The van der Waals surface area contributed by atoms with Crippen LogP contribution in [0.3, 0.4) is 0 Å². The van der Waals surface area contributed by atoms with Gasteiger partial charge in [0.1, 0.15) is 4.90 Å². The average molecular weight is 317 g/mol. The fourth-order valence-corrected chi connectivity index (χ4v) is 5.53. The maximum atomic E-state index is 12.8. The van der Waals surface area contributed by atoms with E-state index in [1.165, 1.54) is 0 Å². The van der Waals surface area contributed by atoms with Crippen LogP contribution in [0.15, 0.2) is 4.90 Å². The second-order valence-electron chi connectivity index (χ2n) is 5.29. The number of aryl methyl sites for hydroxylation is 2. The van der Waals surface area contributed by atoms with Crippen molar-refractivity contribution in [3.8, 4) is 0 Å². The first kappa shape index (κ1) is 15.9. The third-order valence-electron chi connectivity index (χ3n) is 3.86. The summed E-state index contributed by atoms with van der Waals surface area (Å²) in [5, 5.41) is 4.33. The normalized spacial score (nSPS) is 20.7. The number of nitrogens with zero attached hydrogens (tertiary/aromatic N) is 3. The molecule has 0 saturated carbocycles. The number of rotatable bonds is 5. The summed E-state index contributed by atoms with van der Waals surface area (Å²) in [6.07, 6.45) is 3.02. The second kappa shape index (κ2) is 6.07. The van der Waals surface area contributed by atoms with Gasteiger partial charge >= 0.3 is 0 Å². The van der Waals surface area contributed by atoms with Gasteiger partial charge in [0, 0.05) is 19.6 Å². The lowest BCUT2D eigenvalue weighted by Crippen LogP contribution is -2.30. The van der Waals surface area contributed by atoms with Gasteiger partial charge in [-0.25, -0.2) is 8.42 Å². The molecule has 1 aliphatic rings. The molecule has 114 valence electrons. The summed E-state index contributed by atoms with van der Waals surface area (Å²) >= 11 is 1.78. The summed E-state index contributed by atoms with van der Waals surface area (Å²) in [4.78, 5) is 0.407. The molecule has 0 aromatic carbocycles. The fourth-order valence-electron chi connectivity index (χ4n) is 2.88. The Morgan fingerprint density at radius 1 is 1.40 bits per heavy atom. The summed E-state index contributed by atoms with van der Waals surface area (Å²) in [6, 6.07) is 0. The van der Waals surface area contributed by atoms with Crippen LogP contribution in [0.2, 0.25) is 0 Å². The minimum atomic E-state index is -3.40. The first-order valence-electron chi connectivity index (χ1n) is 6.94. The Balaban J connectivity index is 2.30. The molecule has 1 aromatic heterocycles. The van der Waals surface area contributed by atoms with Crippen LogP contribution in [0.25, 0.3) is 0 Å². The smallest absolute Gasteiger partial charge is 0.246 e. The van der Waals surface area contributed by atoms with Crippen LogP contribution >= 0.6 is 11.8 Å². The molecule has 2 rings (SSSR count). The van der Waals surface area contributed by atoms with E-state index in [9.17, 15) is 8.42 Å². The summed E-state index contributed by atoms with van der Waals surface area (Å²) in [5.41, 5.74) is 1.36. The van der Waals surface area contributed by atoms with E-state index >= 15 is 0 Å². The molecule has 1 saturated heterocycles. The first-order valence-corrected chi connectivity index (χ1v) is 9.78. The fraction of sp³-hybridized carbons (Fsp3) is 0.769. The third kappa shape index (κ3) is 2.76. The Labute approximate surface area is 125 Å². The van der Waals surface area contributed by atoms with Gasteiger partial charge in [-0.05, 0) is 45.1 Å². The van der Waals surface area contributed by atoms with Gasteiger partial charge in [0.15, 0.2) is 0 Å². The summed E-state index contributed by atoms with van der Waals surface area (Å²) in [5.74, 6) is 1.50. The van der Waals surface area contributed by atoms with Crippen molar-refractivity contribution in [1.29, 1.82) is 0 Å². The lowest BCUT2D eigenvalue weighted by molar-refractivity contribution is 0.464. The van der Waals surface area contributed by atoms with E-state index in [1.807, 2.05) is 13.8 Å². The lowest BCUT2D eigenvalue weighted by Gasteiger charge is -2.16. The van der Waals surface area contributed by atoms with Gasteiger partial charge in [-0.3, -0.25) is 4.68 Å². The van der Waals surface area contributed by atoms with Crippen molar-refractivity contribution in [1.82, 2.24) is 14.1 Å². The molecule has 20 heavy (non-hydrogen) atoms.